The van der Waals surface area contributed by atoms with E-state index in [1.54, 1.807) is 6.07 Å². The lowest BCUT2D eigenvalue weighted by Gasteiger charge is -2.03. The molecule has 4 nitrogen and oxygen atoms in total. The van der Waals surface area contributed by atoms with E-state index in [-0.39, 0.29) is 11.9 Å². The molecule has 0 aliphatic rings. The Labute approximate surface area is 98.1 Å². The van der Waals surface area contributed by atoms with E-state index >= 15 is 0 Å². The van der Waals surface area contributed by atoms with Crippen molar-refractivity contribution in [2.75, 3.05) is 0 Å². The number of aryl methyl sites for hydroxylation is 1. The summed E-state index contributed by atoms with van der Waals surface area (Å²) in [5.41, 5.74) is 11.3. The molecule has 0 saturated heterocycles. The molecule has 17 heavy (non-hydrogen) atoms. The van der Waals surface area contributed by atoms with E-state index in [1.165, 1.54) is 12.1 Å². The van der Waals surface area contributed by atoms with Crippen molar-refractivity contribution < 1.29 is 4.39 Å². The lowest BCUT2D eigenvalue weighted by Crippen LogP contribution is -2.02. The Kier molecular flexibility index (Phi) is 3.02. The summed E-state index contributed by atoms with van der Waals surface area (Å²) in [5, 5.41) is 4.52. The van der Waals surface area contributed by atoms with Gasteiger partial charge in [-0.05, 0) is 42.6 Å². The number of H-pyrrole nitrogens is 1. The first kappa shape index (κ1) is 11.5. The van der Waals surface area contributed by atoms with Crippen molar-refractivity contribution in [3.63, 3.8) is 0 Å². The Balaban J connectivity index is 2.42. The lowest BCUT2D eigenvalue weighted by atomic mass is 10.1. The molecule has 1 heterocycles. The average Bonchev–Trinajstić information content (AvgIpc) is 2.57. The van der Waals surface area contributed by atoms with E-state index in [1.807, 2.05) is 13.8 Å². The van der Waals surface area contributed by atoms with Crippen LogP contribution in [0.25, 0.3) is 21.3 Å². The maximum Gasteiger partial charge on any atom is 0.123 e. The van der Waals surface area contributed by atoms with Crippen LogP contribution in [0, 0.1) is 12.7 Å². The molecule has 0 aliphatic carbocycles. The molecule has 1 unspecified atom stereocenters. The molecule has 5 heteroatoms. The molecular weight excluding hydrogens is 219 g/mol. The third-order valence-electron chi connectivity index (χ3n) is 2.87. The second-order valence-electron chi connectivity index (χ2n) is 4.18. The standard InChI is InChI=1S/C12H13FN4/c1-7(16-17-14)5-12-8(2)10-6-9(13)3-4-11(10)15-12/h3-4,6-7,15H,5H2,1-2H3. The van der Waals surface area contributed by atoms with Crippen LogP contribution in [0.5, 0.6) is 0 Å². The van der Waals surface area contributed by atoms with E-state index in [4.69, 9.17) is 5.53 Å². The Bertz CT molecular complexity index is 596. The summed E-state index contributed by atoms with van der Waals surface area (Å²) in [5.74, 6) is -0.241. The molecule has 2 rings (SSSR count). The number of azide groups is 1. The molecule has 2 aromatic rings. The van der Waals surface area contributed by atoms with Crippen molar-refractivity contribution in [3.8, 4) is 0 Å². The Morgan fingerprint density at radius 1 is 1.53 bits per heavy atom. The number of nitrogens with zero attached hydrogens (tertiary/aromatic N) is 3. The van der Waals surface area contributed by atoms with Gasteiger partial charge in [0.2, 0.25) is 0 Å². The quantitative estimate of drug-likeness (QED) is 0.474. The number of aromatic nitrogens is 1. The Hall–Kier alpha value is -2.00. The molecule has 1 N–H and O–H groups in total. The van der Waals surface area contributed by atoms with Gasteiger partial charge in [-0.25, -0.2) is 4.39 Å². The van der Waals surface area contributed by atoms with Gasteiger partial charge >= 0.3 is 0 Å². The van der Waals surface area contributed by atoms with Crippen LogP contribution in [0.3, 0.4) is 0 Å². The maximum absolute atomic E-state index is 13.1. The number of benzene rings is 1. The SMILES string of the molecule is Cc1c(CC(C)N=[N+]=[N-])[nH]c2ccc(F)cc12. The molecule has 0 fully saturated rings. The van der Waals surface area contributed by atoms with Gasteiger partial charge < -0.3 is 4.98 Å². The van der Waals surface area contributed by atoms with Crippen LogP contribution in [0.15, 0.2) is 23.3 Å². The molecule has 1 aromatic carbocycles. The number of rotatable bonds is 3. The van der Waals surface area contributed by atoms with Gasteiger partial charge in [-0.15, -0.1) is 0 Å². The number of nitrogens with one attached hydrogen (secondary N) is 1. The number of aromatic amines is 1. The fourth-order valence-corrected chi connectivity index (χ4v) is 1.98. The van der Waals surface area contributed by atoms with Crippen LogP contribution in [-0.4, -0.2) is 11.0 Å². The molecule has 0 bridgehead atoms. The number of hydrogen-bond donors (Lipinski definition) is 1. The van der Waals surface area contributed by atoms with E-state index in [9.17, 15) is 4.39 Å². The third-order valence-corrected chi connectivity index (χ3v) is 2.87. The van der Waals surface area contributed by atoms with Gasteiger partial charge in [0.05, 0.1) is 0 Å². The summed E-state index contributed by atoms with van der Waals surface area (Å²) in [6, 6.07) is 4.55. The first-order chi connectivity index (χ1) is 8.11. The largest absolute Gasteiger partial charge is 0.358 e. The van der Waals surface area contributed by atoms with Crippen LogP contribution in [0.4, 0.5) is 4.39 Å². The average molecular weight is 232 g/mol. The van der Waals surface area contributed by atoms with E-state index in [0.29, 0.717) is 6.42 Å². The second-order valence-corrected chi connectivity index (χ2v) is 4.18. The predicted molar refractivity (Wildman–Crippen MR) is 65.3 cm³/mol. The molecule has 1 aromatic heterocycles. The molecule has 0 aliphatic heterocycles. The smallest absolute Gasteiger partial charge is 0.123 e. The summed E-state index contributed by atoms with van der Waals surface area (Å²) >= 11 is 0. The van der Waals surface area contributed by atoms with Crippen molar-refractivity contribution in [2.24, 2.45) is 5.11 Å². The maximum atomic E-state index is 13.1. The Morgan fingerprint density at radius 2 is 2.29 bits per heavy atom. The highest BCUT2D eigenvalue weighted by Crippen LogP contribution is 2.23. The van der Waals surface area contributed by atoms with Crippen molar-refractivity contribution in [3.05, 3.63) is 45.7 Å². The third kappa shape index (κ3) is 2.24. The van der Waals surface area contributed by atoms with Crippen molar-refractivity contribution >= 4 is 10.9 Å². The second kappa shape index (κ2) is 4.47. The van der Waals surface area contributed by atoms with Crippen LogP contribution >= 0.6 is 0 Å². The van der Waals surface area contributed by atoms with Gasteiger partial charge in [-0.1, -0.05) is 12.0 Å². The van der Waals surface area contributed by atoms with Gasteiger partial charge in [0, 0.05) is 27.6 Å². The van der Waals surface area contributed by atoms with Crippen LogP contribution in [0.2, 0.25) is 0 Å². The van der Waals surface area contributed by atoms with Crippen LogP contribution < -0.4 is 0 Å². The topological polar surface area (TPSA) is 64.6 Å². The summed E-state index contributed by atoms with van der Waals surface area (Å²) in [6.45, 7) is 3.79. The highest BCUT2D eigenvalue weighted by atomic mass is 19.1. The van der Waals surface area contributed by atoms with E-state index in [2.05, 4.69) is 15.0 Å². The van der Waals surface area contributed by atoms with Crippen molar-refractivity contribution in [2.45, 2.75) is 26.3 Å². The minimum atomic E-state index is -0.241. The molecule has 1 atom stereocenters. The summed E-state index contributed by atoms with van der Waals surface area (Å²) in [6.07, 6.45) is 0.631. The van der Waals surface area contributed by atoms with Gasteiger partial charge in [-0.3, -0.25) is 0 Å². The molecule has 0 saturated carbocycles. The van der Waals surface area contributed by atoms with Crippen LogP contribution in [-0.2, 0) is 6.42 Å². The number of fused-ring (bicyclic) bond motifs is 1. The highest BCUT2D eigenvalue weighted by molar-refractivity contribution is 5.84. The predicted octanol–water partition coefficient (Wildman–Crippen LogP) is 3.86. The van der Waals surface area contributed by atoms with Gasteiger partial charge in [0.15, 0.2) is 0 Å². The van der Waals surface area contributed by atoms with Crippen molar-refractivity contribution in [1.82, 2.24) is 4.98 Å². The number of hydrogen-bond acceptors (Lipinski definition) is 1. The fourth-order valence-electron chi connectivity index (χ4n) is 1.98. The summed E-state index contributed by atoms with van der Waals surface area (Å²) in [7, 11) is 0. The van der Waals surface area contributed by atoms with Crippen molar-refractivity contribution in [1.29, 1.82) is 0 Å². The lowest BCUT2D eigenvalue weighted by molar-refractivity contribution is 0.629. The Morgan fingerprint density at radius 3 is 3.00 bits per heavy atom. The summed E-state index contributed by atoms with van der Waals surface area (Å²) < 4.78 is 13.1. The van der Waals surface area contributed by atoms with E-state index in [0.717, 1.165) is 22.2 Å². The molecule has 88 valence electrons. The molecule has 0 radical (unpaired) electrons. The zero-order valence-corrected chi connectivity index (χ0v) is 9.74. The monoisotopic (exact) mass is 232 g/mol. The normalized spacial score (nSPS) is 12.4. The first-order valence-corrected chi connectivity index (χ1v) is 5.42. The van der Waals surface area contributed by atoms with Crippen LogP contribution in [0.1, 0.15) is 18.2 Å². The minimum Gasteiger partial charge on any atom is -0.358 e. The minimum absolute atomic E-state index is 0.114. The zero-order valence-electron chi connectivity index (χ0n) is 9.74. The number of halogens is 1. The summed E-state index contributed by atoms with van der Waals surface area (Å²) in [4.78, 5) is 6.01. The fraction of sp³-hybridized carbons (Fsp3) is 0.333. The van der Waals surface area contributed by atoms with Gasteiger partial charge in [0.25, 0.3) is 0 Å². The first-order valence-electron chi connectivity index (χ1n) is 5.42. The van der Waals surface area contributed by atoms with Gasteiger partial charge in [-0.2, -0.15) is 0 Å². The van der Waals surface area contributed by atoms with E-state index < -0.39 is 0 Å². The van der Waals surface area contributed by atoms with Gasteiger partial charge in [0.1, 0.15) is 5.82 Å². The molecule has 0 spiro atoms. The zero-order chi connectivity index (χ0) is 12.4. The molecule has 0 amide bonds. The highest BCUT2D eigenvalue weighted by Gasteiger charge is 2.10. The molecular formula is C12H13FN4.